The van der Waals surface area contributed by atoms with E-state index in [9.17, 15) is 4.79 Å². The van der Waals surface area contributed by atoms with Crippen LogP contribution in [0.15, 0.2) is 24.3 Å². The minimum atomic E-state index is 0.00843. The summed E-state index contributed by atoms with van der Waals surface area (Å²) in [6, 6.07) is 8.38. The third-order valence-corrected chi connectivity index (χ3v) is 3.59. The molecule has 1 amide bonds. The van der Waals surface area contributed by atoms with Crippen molar-refractivity contribution in [3.63, 3.8) is 0 Å². The predicted octanol–water partition coefficient (Wildman–Crippen LogP) is 1.52. The first-order valence-electron chi connectivity index (χ1n) is 7.44. The summed E-state index contributed by atoms with van der Waals surface area (Å²) in [6.07, 6.45) is 0. The second kappa shape index (κ2) is 8.00. The van der Waals surface area contributed by atoms with E-state index in [0.29, 0.717) is 13.2 Å². The molecule has 1 fully saturated rings. The Balaban J connectivity index is 1.88. The van der Waals surface area contributed by atoms with E-state index in [1.54, 1.807) is 11.9 Å². The van der Waals surface area contributed by atoms with Crippen LogP contribution in [0, 0.1) is 0 Å². The van der Waals surface area contributed by atoms with Crippen molar-refractivity contribution in [2.45, 2.75) is 13.5 Å². The van der Waals surface area contributed by atoms with Crippen LogP contribution in [0.2, 0.25) is 0 Å². The molecular formula is C16H24N2O3. The number of anilines is 1. The molecule has 1 heterocycles. The Hall–Kier alpha value is -1.59. The Morgan fingerprint density at radius 2 is 1.95 bits per heavy atom. The van der Waals surface area contributed by atoms with E-state index in [1.807, 2.05) is 6.92 Å². The highest BCUT2D eigenvalue weighted by molar-refractivity contribution is 5.77. The molecule has 0 bridgehead atoms. The zero-order chi connectivity index (χ0) is 15.1. The molecule has 0 spiro atoms. The number of likely N-dealkylation sites (N-methyl/N-ethyl adjacent to an activating group) is 1. The van der Waals surface area contributed by atoms with Crippen molar-refractivity contribution in [1.29, 1.82) is 0 Å². The van der Waals surface area contributed by atoms with Crippen LogP contribution in [0.3, 0.4) is 0 Å². The van der Waals surface area contributed by atoms with Crippen molar-refractivity contribution in [1.82, 2.24) is 4.90 Å². The maximum atomic E-state index is 11.8. The zero-order valence-corrected chi connectivity index (χ0v) is 12.9. The molecule has 5 heteroatoms. The van der Waals surface area contributed by atoms with Crippen molar-refractivity contribution in [3.05, 3.63) is 29.8 Å². The third kappa shape index (κ3) is 4.72. The molecule has 116 valence electrons. The van der Waals surface area contributed by atoms with Gasteiger partial charge in [-0.1, -0.05) is 12.1 Å². The molecule has 0 aromatic heterocycles. The summed E-state index contributed by atoms with van der Waals surface area (Å²) >= 11 is 0. The maximum Gasteiger partial charge on any atom is 0.248 e. The van der Waals surface area contributed by atoms with Crippen molar-refractivity contribution in [2.75, 3.05) is 51.5 Å². The van der Waals surface area contributed by atoms with Crippen molar-refractivity contribution < 1.29 is 14.3 Å². The minimum Gasteiger partial charge on any atom is -0.378 e. The molecule has 0 atom stereocenters. The topological polar surface area (TPSA) is 42.0 Å². The van der Waals surface area contributed by atoms with Gasteiger partial charge in [-0.05, 0) is 24.6 Å². The molecular weight excluding hydrogens is 268 g/mol. The summed E-state index contributed by atoms with van der Waals surface area (Å²) in [5.41, 5.74) is 2.34. The number of hydrogen-bond donors (Lipinski definition) is 0. The van der Waals surface area contributed by atoms with Crippen LogP contribution in [-0.2, 0) is 20.8 Å². The number of morpholine rings is 1. The molecule has 21 heavy (non-hydrogen) atoms. The number of hydrogen-bond acceptors (Lipinski definition) is 4. The number of nitrogens with zero attached hydrogens (tertiary/aromatic N) is 2. The van der Waals surface area contributed by atoms with E-state index in [2.05, 4.69) is 29.2 Å². The average Bonchev–Trinajstić information content (AvgIpc) is 2.54. The van der Waals surface area contributed by atoms with Gasteiger partial charge in [0.05, 0.1) is 13.2 Å². The standard InChI is InChI=1S/C16H24N2O3/c1-3-20-13-16(19)17(2)12-14-4-6-15(7-5-14)18-8-10-21-11-9-18/h4-7H,3,8-13H2,1-2H3. The molecule has 5 nitrogen and oxygen atoms in total. The van der Waals surface area contributed by atoms with Crippen LogP contribution >= 0.6 is 0 Å². The van der Waals surface area contributed by atoms with Gasteiger partial charge in [-0.15, -0.1) is 0 Å². The lowest BCUT2D eigenvalue weighted by Crippen LogP contribution is -2.36. The number of ether oxygens (including phenoxy) is 2. The summed E-state index contributed by atoms with van der Waals surface area (Å²) in [5.74, 6) is 0.00843. The van der Waals surface area contributed by atoms with Crippen LogP contribution < -0.4 is 4.90 Å². The number of carbonyl (C=O) groups excluding carboxylic acids is 1. The zero-order valence-electron chi connectivity index (χ0n) is 12.9. The highest BCUT2D eigenvalue weighted by Gasteiger charge is 2.12. The van der Waals surface area contributed by atoms with Gasteiger partial charge < -0.3 is 19.3 Å². The Morgan fingerprint density at radius 1 is 1.29 bits per heavy atom. The Morgan fingerprint density at radius 3 is 2.57 bits per heavy atom. The van der Waals surface area contributed by atoms with E-state index < -0.39 is 0 Å². The Kier molecular flexibility index (Phi) is 6.02. The minimum absolute atomic E-state index is 0.00843. The lowest BCUT2D eigenvalue weighted by atomic mass is 10.2. The number of amides is 1. The fourth-order valence-electron chi connectivity index (χ4n) is 2.30. The van der Waals surface area contributed by atoms with Crippen LogP contribution in [0.5, 0.6) is 0 Å². The fraction of sp³-hybridized carbons (Fsp3) is 0.562. The van der Waals surface area contributed by atoms with Gasteiger partial charge in [-0.2, -0.15) is 0 Å². The van der Waals surface area contributed by atoms with Crippen molar-refractivity contribution >= 4 is 11.6 Å². The number of rotatable bonds is 6. The molecule has 2 rings (SSSR count). The van der Waals surface area contributed by atoms with Crippen LogP contribution in [0.1, 0.15) is 12.5 Å². The molecule has 0 radical (unpaired) electrons. The van der Waals surface area contributed by atoms with Gasteiger partial charge in [0.2, 0.25) is 5.91 Å². The summed E-state index contributed by atoms with van der Waals surface area (Å²) in [6.45, 7) is 6.66. The van der Waals surface area contributed by atoms with Crippen molar-refractivity contribution in [3.8, 4) is 0 Å². The summed E-state index contributed by atoms with van der Waals surface area (Å²) in [4.78, 5) is 15.8. The summed E-state index contributed by atoms with van der Waals surface area (Å²) in [5, 5.41) is 0. The largest absolute Gasteiger partial charge is 0.378 e. The second-order valence-corrected chi connectivity index (χ2v) is 5.15. The molecule has 0 N–H and O–H groups in total. The van der Waals surface area contributed by atoms with Gasteiger partial charge in [-0.3, -0.25) is 4.79 Å². The van der Waals surface area contributed by atoms with Crippen LogP contribution in [0.4, 0.5) is 5.69 Å². The first-order chi connectivity index (χ1) is 10.2. The average molecular weight is 292 g/mol. The molecule has 0 aliphatic carbocycles. The van der Waals surface area contributed by atoms with Crippen LogP contribution in [0.25, 0.3) is 0 Å². The van der Waals surface area contributed by atoms with E-state index in [1.165, 1.54) is 5.69 Å². The van der Waals surface area contributed by atoms with Gasteiger partial charge in [-0.25, -0.2) is 0 Å². The molecule has 1 aliphatic heterocycles. The lowest BCUT2D eigenvalue weighted by Gasteiger charge is -2.29. The quantitative estimate of drug-likeness (QED) is 0.797. The van der Waals surface area contributed by atoms with Gasteiger partial charge in [0.15, 0.2) is 0 Å². The third-order valence-electron chi connectivity index (χ3n) is 3.59. The highest BCUT2D eigenvalue weighted by atomic mass is 16.5. The van der Waals surface area contributed by atoms with Crippen molar-refractivity contribution in [2.24, 2.45) is 0 Å². The smallest absolute Gasteiger partial charge is 0.248 e. The van der Waals surface area contributed by atoms with E-state index in [4.69, 9.17) is 9.47 Å². The SMILES string of the molecule is CCOCC(=O)N(C)Cc1ccc(N2CCOCC2)cc1. The van der Waals surface area contributed by atoms with Gasteiger partial charge in [0.1, 0.15) is 6.61 Å². The van der Waals surface area contributed by atoms with Gasteiger partial charge in [0, 0.05) is 39.0 Å². The predicted molar refractivity (Wildman–Crippen MR) is 82.4 cm³/mol. The van der Waals surface area contributed by atoms with E-state index in [0.717, 1.165) is 31.9 Å². The highest BCUT2D eigenvalue weighted by Crippen LogP contribution is 2.17. The first-order valence-corrected chi connectivity index (χ1v) is 7.44. The lowest BCUT2D eigenvalue weighted by molar-refractivity contribution is -0.135. The van der Waals surface area contributed by atoms with Gasteiger partial charge >= 0.3 is 0 Å². The number of carbonyl (C=O) groups is 1. The fourth-order valence-corrected chi connectivity index (χ4v) is 2.30. The van der Waals surface area contributed by atoms with Gasteiger partial charge in [0.25, 0.3) is 0 Å². The van der Waals surface area contributed by atoms with Crippen LogP contribution in [-0.4, -0.2) is 57.4 Å². The first kappa shape index (κ1) is 15.8. The molecule has 0 saturated carbocycles. The Labute approximate surface area is 126 Å². The normalized spacial score (nSPS) is 15.0. The molecule has 1 aromatic carbocycles. The summed E-state index contributed by atoms with van der Waals surface area (Å²) < 4.78 is 10.5. The Bertz CT molecular complexity index is 441. The van der Waals surface area contributed by atoms with E-state index >= 15 is 0 Å². The monoisotopic (exact) mass is 292 g/mol. The molecule has 1 saturated heterocycles. The number of benzene rings is 1. The second-order valence-electron chi connectivity index (χ2n) is 5.15. The van der Waals surface area contributed by atoms with E-state index in [-0.39, 0.29) is 12.5 Å². The molecule has 0 unspecified atom stereocenters. The summed E-state index contributed by atoms with van der Waals surface area (Å²) in [7, 11) is 1.80. The molecule has 1 aromatic rings. The molecule has 1 aliphatic rings. The maximum absolute atomic E-state index is 11.8.